The summed E-state index contributed by atoms with van der Waals surface area (Å²) in [5.41, 5.74) is 1.77. The Bertz CT molecular complexity index is 538. The number of aromatic hydroxyl groups is 1. The normalized spacial score (nSPS) is 10.2. The van der Waals surface area contributed by atoms with Crippen LogP contribution in [0.1, 0.15) is 15.9 Å². The number of hydrogen-bond acceptors (Lipinski definition) is 3. The molecule has 2 aromatic rings. The van der Waals surface area contributed by atoms with Gasteiger partial charge in [-0.2, -0.15) is 0 Å². The summed E-state index contributed by atoms with van der Waals surface area (Å²) in [6.45, 7) is 2.06. The first-order chi connectivity index (χ1) is 9.75. The van der Waals surface area contributed by atoms with Gasteiger partial charge in [0.05, 0.1) is 0 Å². The van der Waals surface area contributed by atoms with Crippen LogP contribution in [-0.4, -0.2) is 24.1 Å². The topological polar surface area (TPSA) is 61.4 Å². The maximum atomic E-state index is 11.8. The van der Waals surface area contributed by atoms with Gasteiger partial charge in [0.15, 0.2) is 0 Å². The number of carbonyl (C=O) groups is 1. The van der Waals surface area contributed by atoms with Crippen LogP contribution in [-0.2, 0) is 6.54 Å². The fourth-order valence-electron chi connectivity index (χ4n) is 1.81. The van der Waals surface area contributed by atoms with E-state index < -0.39 is 0 Å². The van der Waals surface area contributed by atoms with Gasteiger partial charge in [-0.15, -0.1) is 0 Å². The Hall–Kier alpha value is -2.33. The quantitative estimate of drug-likeness (QED) is 0.703. The van der Waals surface area contributed by atoms with E-state index in [-0.39, 0.29) is 11.7 Å². The van der Waals surface area contributed by atoms with Crippen molar-refractivity contribution in [3.8, 4) is 5.75 Å². The van der Waals surface area contributed by atoms with Crippen molar-refractivity contribution in [3.63, 3.8) is 0 Å². The molecule has 1 amide bonds. The van der Waals surface area contributed by atoms with E-state index in [2.05, 4.69) is 22.8 Å². The Morgan fingerprint density at radius 2 is 1.65 bits per heavy atom. The van der Waals surface area contributed by atoms with Gasteiger partial charge in [0.1, 0.15) is 5.75 Å². The maximum absolute atomic E-state index is 11.8. The summed E-state index contributed by atoms with van der Waals surface area (Å²) in [6, 6.07) is 16.3. The van der Waals surface area contributed by atoms with Crippen LogP contribution in [0.25, 0.3) is 0 Å². The van der Waals surface area contributed by atoms with Crippen molar-refractivity contribution in [2.45, 2.75) is 6.54 Å². The van der Waals surface area contributed by atoms with E-state index >= 15 is 0 Å². The Morgan fingerprint density at radius 3 is 2.35 bits per heavy atom. The fourth-order valence-corrected chi connectivity index (χ4v) is 1.81. The first-order valence-corrected chi connectivity index (χ1v) is 6.57. The van der Waals surface area contributed by atoms with Gasteiger partial charge in [0.2, 0.25) is 0 Å². The summed E-state index contributed by atoms with van der Waals surface area (Å²) in [7, 11) is 0. The number of hydrogen-bond donors (Lipinski definition) is 3. The minimum atomic E-state index is -0.133. The number of benzene rings is 2. The van der Waals surface area contributed by atoms with Crippen molar-refractivity contribution in [3.05, 3.63) is 65.7 Å². The minimum Gasteiger partial charge on any atom is -0.508 e. The highest BCUT2D eigenvalue weighted by Gasteiger charge is 2.03. The molecular weight excluding hydrogens is 252 g/mol. The molecule has 4 nitrogen and oxygen atoms in total. The molecule has 4 heteroatoms. The van der Waals surface area contributed by atoms with Crippen molar-refractivity contribution < 1.29 is 9.90 Å². The Balaban J connectivity index is 1.66. The molecule has 0 aromatic heterocycles. The van der Waals surface area contributed by atoms with Crippen LogP contribution in [0.3, 0.4) is 0 Å². The highest BCUT2D eigenvalue weighted by molar-refractivity contribution is 5.94. The number of phenolic OH excluding ortho intramolecular Hbond substituents is 1. The number of carbonyl (C=O) groups excluding carboxylic acids is 1. The molecule has 0 saturated heterocycles. The van der Waals surface area contributed by atoms with Crippen LogP contribution in [0.4, 0.5) is 0 Å². The Kier molecular flexibility index (Phi) is 5.15. The molecule has 0 fully saturated rings. The SMILES string of the molecule is O=C(NCCNCc1ccccc1)c1ccc(O)cc1. The van der Waals surface area contributed by atoms with Gasteiger partial charge in [0.25, 0.3) is 5.91 Å². The number of nitrogens with one attached hydrogen (secondary N) is 2. The van der Waals surface area contributed by atoms with E-state index in [1.807, 2.05) is 18.2 Å². The Labute approximate surface area is 118 Å². The molecule has 0 radical (unpaired) electrons. The molecule has 2 aromatic carbocycles. The largest absolute Gasteiger partial charge is 0.508 e. The minimum absolute atomic E-state index is 0.133. The second-order valence-corrected chi connectivity index (χ2v) is 4.47. The zero-order chi connectivity index (χ0) is 14.2. The van der Waals surface area contributed by atoms with E-state index in [0.29, 0.717) is 18.7 Å². The van der Waals surface area contributed by atoms with Crippen LogP contribution in [0.2, 0.25) is 0 Å². The van der Waals surface area contributed by atoms with Gasteiger partial charge in [-0.3, -0.25) is 4.79 Å². The van der Waals surface area contributed by atoms with Crippen molar-refractivity contribution in [2.24, 2.45) is 0 Å². The molecule has 2 rings (SSSR count). The lowest BCUT2D eigenvalue weighted by Gasteiger charge is -2.07. The summed E-state index contributed by atoms with van der Waals surface area (Å²) in [4.78, 5) is 11.8. The first-order valence-electron chi connectivity index (χ1n) is 6.57. The molecule has 0 aliphatic carbocycles. The molecule has 0 aliphatic rings. The predicted molar refractivity (Wildman–Crippen MR) is 78.6 cm³/mol. The maximum Gasteiger partial charge on any atom is 0.251 e. The van der Waals surface area contributed by atoms with Crippen LogP contribution >= 0.6 is 0 Å². The molecule has 0 bridgehead atoms. The van der Waals surface area contributed by atoms with Gasteiger partial charge < -0.3 is 15.7 Å². The summed E-state index contributed by atoms with van der Waals surface area (Å²) in [5, 5.41) is 15.2. The summed E-state index contributed by atoms with van der Waals surface area (Å²) in [6.07, 6.45) is 0. The fraction of sp³-hybridized carbons (Fsp3) is 0.188. The molecule has 0 aliphatic heterocycles. The lowest BCUT2D eigenvalue weighted by molar-refractivity contribution is 0.0954. The highest BCUT2D eigenvalue weighted by atomic mass is 16.3. The van der Waals surface area contributed by atoms with Crippen LogP contribution in [0, 0.1) is 0 Å². The summed E-state index contributed by atoms with van der Waals surface area (Å²) < 4.78 is 0. The highest BCUT2D eigenvalue weighted by Crippen LogP contribution is 2.09. The van der Waals surface area contributed by atoms with Gasteiger partial charge >= 0.3 is 0 Å². The number of amides is 1. The van der Waals surface area contributed by atoms with Gasteiger partial charge in [-0.05, 0) is 29.8 Å². The van der Waals surface area contributed by atoms with E-state index in [9.17, 15) is 4.79 Å². The molecule has 0 unspecified atom stereocenters. The van der Waals surface area contributed by atoms with Crippen molar-refractivity contribution >= 4 is 5.91 Å². The third kappa shape index (κ3) is 4.40. The molecule has 0 atom stereocenters. The number of rotatable bonds is 6. The standard InChI is InChI=1S/C16H18N2O2/c19-15-8-6-14(7-9-15)16(20)18-11-10-17-12-13-4-2-1-3-5-13/h1-9,17,19H,10-12H2,(H,18,20). The van der Waals surface area contributed by atoms with Crippen LogP contribution < -0.4 is 10.6 Å². The lowest BCUT2D eigenvalue weighted by atomic mass is 10.2. The third-order valence-corrected chi connectivity index (χ3v) is 2.89. The van der Waals surface area contributed by atoms with Crippen LogP contribution in [0.15, 0.2) is 54.6 Å². The smallest absolute Gasteiger partial charge is 0.251 e. The van der Waals surface area contributed by atoms with Crippen molar-refractivity contribution in [1.82, 2.24) is 10.6 Å². The number of phenols is 1. The zero-order valence-corrected chi connectivity index (χ0v) is 11.2. The molecule has 0 heterocycles. The van der Waals surface area contributed by atoms with Crippen molar-refractivity contribution in [2.75, 3.05) is 13.1 Å². The van der Waals surface area contributed by atoms with E-state index in [4.69, 9.17) is 5.11 Å². The average molecular weight is 270 g/mol. The first kappa shape index (κ1) is 14.1. The van der Waals surface area contributed by atoms with Crippen LogP contribution in [0.5, 0.6) is 5.75 Å². The van der Waals surface area contributed by atoms with E-state index in [1.54, 1.807) is 12.1 Å². The molecule has 3 N–H and O–H groups in total. The van der Waals surface area contributed by atoms with Gasteiger partial charge in [-0.25, -0.2) is 0 Å². The van der Waals surface area contributed by atoms with E-state index in [0.717, 1.165) is 6.54 Å². The monoisotopic (exact) mass is 270 g/mol. The predicted octanol–water partition coefficient (Wildman–Crippen LogP) is 1.91. The average Bonchev–Trinajstić information content (AvgIpc) is 2.48. The molecular formula is C16H18N2O2. The second kappa shape index (κ2) is 7.31. The lowest BCUT2D eigenvalue weighted by Crippen LogP contribution is -2.31. The molecule has 104 valence electrons. The molecule has 0 saturated carbocycles. The van der Waals surface area contributed by atoms with Gasteiger partial charge in [-0.1, -0.05) is 30.3 Å². The summed E-state index contributed by atoms with van der Waals surface area (Å²) in [5.74, 6) is 0.0255. The molecule has 0 spiro atoms. The Morgan fingerprint density at radius 1 is 0.950 bits per heavy atom. The van der Waals surface area contributed by atoms with Crippen molar-refractivity contribution in [1.29, 1.82) is 0 Å². The molecule has 20 heavy (non-hydrogen) atoms. The van der Waals surface area contributed by atoms with E-state index in [1.165, 1.54) is 17.7 Å². The third-order valence-electron chi connectivity index (χ3n) is 2.89. The summed E-state index contributed by atoms with van der Waals surface area (Å²) >= 11 is 0. The zero-order valence-electron chi connectivity index (χ0n) is 11.2. The van der Waals surface area contributed by atoms with Gasteiger partial charge in [0, 0.05) is 25.2 Å². The second-order valence-electron chi connectivity index (χ2n) is 4.47.